The number of aromatic nitrogens is 3. The number of anilines is 2. The summed E-state index contributed by atoms with van der Waals surface area (Å²) >= 11 is 0. The molecule has 0 saturated carbocycles. The molecule has 1 aromatic carbocycles. The number of rotatable bonds is 2. The maximum atomic E-state index is 12.5. The number of aromatic amines is 1. The highest BCUT2D eigenvalue weighted by atomic mass is 19.4. The Balaban J connectivity index is 2.37. The lowest BCUT2D eigenvalue weighted by Gasteiger charge is -2.10. The van der Waals surface area contributed by atoms with Crippen LogP contribution in [0.5, 0.6) is 0 Å². The molecular weight excluding hydrogens is 237 g/mol. The van der Waals surface area contributed by atoms with Crippen molar-refractivity contribution in [1.82, 2.24) is 14.8 Å². The van der Waals surface area contributed by atoms with Crippen LogP contribution in [0.3, 0.4) is 0 Å². The fourth-order valence-corrected chi connectivity index (χ4v) is 1.24. The molecule has 0 spiro atoms. The minimum Gasteiger partial charge on any atom is -0.324 e. The number of hydrogen-bond acceptors (Lipinski definition) is 3. The van der Waals surface area contributed by atoms with E-state index in [0.29, 0.717) is 5.69 Å². The van der Waals surface area contributed by atoms with E-state index in [1.807, 2.05) is 0 Å². The number of hydrogen-bond donors (Lipinski definition) is 2. The first-order valence-corrected chi connectivity index (χ1v) is 4.55. The standard InChI is InChI=1S/C9H7F3N4O/c10-9(11,12)16-7(14-8(17)15-16)13-6-4-2-1-3-5-6/h1-5H,(H2,13,14,15,17). The van der Waals surface area contributed by atoms with Gasteiger partial charge in [0.05, 0.1) is 0 Å². The smallest absolute Gasteiger partial charge is 0.324 e. The number of benzene rings is 1. The summed E-state index contributed by atoms with van der Waals surface area (Å²) in [6.07, 6.45) is -4.73. The van der Waals surface area contributed by atoms with Gasteiger partial charge in [-0.1, -0.05) is 18.2 Å². The van der Waals surface area contributed by atoms with Crippen molar-refractivity contribution in [1.29, 1.82) is 0 Å². The number of halogens is 3. The Morgan fingerprint density at radius 1 is 1.24 bits per heavy atom. The first kappa shape index (κ1) is 11.2. The SMILES string of the molecule is O=c1nc(Nc2ccccc2)n(C(F)(F)F)[nH]1. The van der Waals surface area contributed by atoms with Crippen molar-refractivity contribution < 1.29 is 13.2 Å². The van der Waals surface area contributed by atoms with Gasteiger partial charge in [0.15, 0.2) is 0 Å². The number of H-pyrrole nitrogens is 1. The van der Waals surface area contributed by atoms with Crippen molar-refractivity contribution in [3.8, 4) is 0 Å². The fraction of sp³-hybridized carbons (Fsp3) is 0.111. The van der Waals surface area contributed by atoms with Gasteiger partial charge in [0.1, 0.15) is 0 Å². The lowest BCUT2D eigenvalue weighted by atomic mass is 10.3. The molecule has 90 valence electrons. The summed E-state index contributed by atoms with van der Waals surface area (Å²) in [4.78, 5) is 14.0. The van der Waals surface area contributed by atoms with Gasteiger partial charge in [-0.3, -0.25) is 0 Å². The molecule has 2 N–H and O–H groups in total. The van der Waals surface area contributed by atoms with Crippen LogP contribution in [0, 0.1) is 0 Å². The van der Waals surface area contributed by atoms with Crippen LogP contribution in [0.1, 0.15) is 0 Å². The average molecular weight is 244 g/mol. The minimum absolute atomic E-state index is 0.275. The summed E-state index contributed by atoms with van der Waals surface area (Å²) in [6, 6.07) is 8.11. The molecule has 8 heteroatoms. The quantitative estimate of drug-likeness (QED) is 0.846. The van der Waals surface area contributed by atoms with E-state index in [1.54, 1.807) is 35.4 Å². The van der Waals surface area contributed by atoms with E-state index < -0.39 is 17.9 Å². The van der Waals surface area contributed by atoms with Gasteiger partial charge in [-0.05, 0) is 12.1 Å². The summed E-state index contributed by atoms with van der Waals surface area (Å²) in [7, 11) is 0. The van der Waals surface area contributed by atoms with Crippen LogP contribution in [-0.2, 0) is 6.30 Å². The molecule has 0 bridgehead atoms. The van der Waals surface area contributed by atoms with Gasteiger partial charge in [-0.25, -0.2) is 9.89 Å². The highest BCUT2D eigenvalue weighted by molar-refractivity contribution is 5.52. The summed E-state index contributed by atoms with van der Waals surface area (Å²) in [5.74, 6) is -0.603. The van der Waals surface area contributed by atoms with Crippen LogP contribution in [-0.4, -0.2) is 14.8 Å². The fourth-order valence-electron chi connectivity index (χ4n) is 1.24. The summed E-state index contributed by atoms with van der Waals surface area (Å²) in [5, 5.41) is 3.97. The van der Waals surface area contributed by atoms with E-state index in [1.165, 1.54) is 0 Å². The van der Waals surface area contributed by atoms with Crippen molar-refractivity contribution in [2.45, 2.75) is 6.30 Å². The molecule has 1 aromatic heterocycles. The topological polar surface area (TPSA) is 62.7 Å². The molecule has 1 heterocycles. The van der Waals surface area contributed by atoms with Gasteiger partial charge in [-0.2, -0.15) is 9.67 Å². The Bertz CT molecular complexity index is 558. The second kappa shape index (κ2) is 3.96. The van der Waals surface area contributed by atoms with Crippen LogP contribution in [0.4, 0.5) is 24.8 Å². The second-order valence-electron chi connectivity index (χ2n) is 3.15. The van der Waals surface area contributed by atoms with Crippen molar-refractivity contribution in [2.24, 2.45) is 0 Å². The van der Waals surface area contributed by atoms with Gasteiger partial charge in [0.25, 0.3) is 0 Å². The Morgan fingerprint density at radius 3 is 2.47 bits per heavy atom. The van der Waals surface area contributed by atoms with E-state index in [-0.39, 0.29) is 4.68 Å². The maximum Gasteiger partial charge on any atom is 0.505 e. The van der Waals surface area contributed by atoms with E-state index in [0.717, 1.165) is 0 Å². The van der Waals surface area contributed by atoms with Crippen LogP contribution in [0.25, 0.3) is 0 Å². The second-order valence-corrected chi connectivity index (χ2v) is 3.15. The molecule has 0 saturated heterocycles. The molecule has 5 nitrogen and oxygen atoms in total. The number of para-hydroxylation sites is 1. The first-order valence-electron chi connectivity index (χ1n) is 4.55. The monoisotopic (exact) mass is 244 g/mol. The Kier molecular flexibility index (Phi) is 2.62. The zero-order valence-electron chi connectivity index (χ0n) is 8.32. The van der Waals surface area contributed by atoms with Crippen LogP contribution >= 0.6 is 0 Å². The highest BCUT2D eigenvalue weighted by Crippen LogP contribution is 2.24. The first-order chi connectivity index (χ1) is 7.97. The molecule has 0 unspecified atom stereocenters. The van der Waals surface area contributed by atoms with Gasteiger partial charge in [-0.15, -0.1) is 13.2 Å². The molecule has 0 aliphatic heterocycles. The van der Waals surface area contributed by atoms with Gasteiger partial charge < -0.3 is 5.32 Å². The molecule has 0 radical (unpaired) electrons. The van der Waals surface area contributed by atoms with Gasteiger partial charge in [0.2, 0.25) is 5.95 Å². The van der Waals surface area contributed by atoms with Crippen molar-refractivity contribution >= 4 is 11.6 Å². The van der Waals surface area contributed by atoms with E-state index in [2.05, 4.69) is 10.3 Å². The number of alkyl halides is 3. The lowest BCUT2D eigenvalue weighted by Crippen LogP contribution is -2.21. The van der Waals surface area contributed by atoms with Crippen molar-refractivity contribution in [2.75, 3.05) is 5.32 Å². The lowest BCUT2D eigenvalue weighted by molar-refractivity contribution is -0.210. The zero-order valence-corrected chi connectivity index (χ0v) is 8.32. The Labute approximate surface area is 92.9 Å². The summed E-state index contributed by atoms with van der Waals surface area (Å²) in [5.41, 5.74) is -0.669. The molecule has 0 aliphatic rings. The Morgan fingerprint density at radius 2 is 1.88 bits per heavy atom. The van der Waals surface area contributed by atoms with Crippen LogP contribution in [0.15, 0.2) is 35.1 Å². The van der Waals surface area contributed by atoms with Gasteiger partial charge in [0, 0.05) is 5.69 Å². The highest BCUT2D eigenvalue weighted by Gasteiger charge is 2.34. The van der Waals surface area contributed by atoms with E-state index >= 15 is 0 Å². The third kappa shape index (κ3) is 2.47. The Hall–Kier alpha value is -2.25. The van der Waals surface area contributed by atoms with Crippen LogP contribution in [0.2, 0.25) is 0 Å². The molecule has 0 amide bonds. The van der Waals surface area contributed by atoms with Crippen LogP contribution < -0.4 is 11.0 Å². The zero-order chi connectivity index (χ0) is 12.5. The van der Waals surface area contributed by atoms with Crippen molar-refractivity contribution in [3.05, 3.63) is 40.8 Å². The maximum absolute atomic E-state index is 12.5. The normalized spacial score (nSPS) is 11.5. The molecule has 2 rings (SSSR count). The molecule has 17 heavy (non-hydrogen) atoms. The average Bonchev–Trinajstić information content (AvgIpc) is 2.60. The van der Waals surface area contributed by atoms with E-state index in [4.69, 9.17) is 0 Å². The van der Waals surface area contributed by atoms with Crippen molar-refractivity contribution in [3.63, 3.8) is 0 Å². The largest absolute Gasteiger partial charge is 0.505 e. The minimum atomic E-state index is -4.73. The molecule has 2 aromatic rings. The molecule has 0 aliphatic carbocycles. The predicted molar refractivity (Wildman–Crippen MR) is 53.9 cm³/mol. The predicted octanol–water partition coefficient (Wildman–Crippen LogP) is 1.79. The third-order valence-electron chi connectivity index (χ3n) is 1.91. The molecular formula is C9H7F3N4O. The molecule has 0 fully saturated rings. The van der Waals surface area contributed by atoms with Gasteiger partial charge >= 0.3 is 12.0 Å². The van der Waals surface area contributed by atoms with E-state index in [9.17, 15) is 18.0 Å². The summed E-state index contributed by atoms with van der Waals surface area (Å²) < 4.78 is 37.2. The summed E-state index contributed by atoms with van der Waals surface area (Å²) in [6.45, 7) is 0. The number of nitrogens with one attached hydrogen (secondary N) is 2. The molecule has 0 atom stereocenters. The third-order valence-corrected chi connectivity index (χ3v) is 1.91. The number of nitrogens with zero attached hydrogens (tertiary/aromatic N) is 2.